The van der Waals surface area contributed by atoms with Crippen LogP contribution in [0.4, 0.5) is 17.1 Å². The summed E-state index contributed by atoms with van der Waals surface area (Å²) in [4.78, 5) is 22.5. The summed E-state index contributed by atoms with van der Waals surface area (Å²) >= 11 is 0. The molecule has 2 rings (SSSR count). The average molecular weight is 347 g/mol. The fraction of sp³-hybridized carbons (Fsp3) is 0.500. The summed E-state index contributed by atoms with van der Waals surface area (Å²) in [7, 11) is 0. The summed E-state index contributed by atoms with van der Waals surface area (Å²) in [5.41, 5.74) is -0.0859. The molecule has 1 fully saturated rings. The first-order valence-electron chi connectivity index (χ1n) is 7.99. The first-order chi connectivity index (χ1) is 11.9. The van der Waals surface area contributed by atoms with Crippen molar-refractivity contribution >= 4 is 23.0 Å². The van der Waals surface area contributed by atoms with Gasteiger partial charge in [0.25, 0.3) is 5.69 Å². The van der Waals surface area contributed by atoms with Crippen LogP contribution in [0, 0.1) is 27.4 Å². The molecule has 0 bridgehead atoms. The number of nitro benzene ring substituents is 1. The molecule has 0 heterocycles. The Balaban J connectivity index is 2.04. The summed E-state index contributed by atoms with van der Waals surface area (Å²) in [5.74, 6) is -0.198. The molecule has 1 unspecified atom stereocenters. The predicted octanol–water partition coefficient (Wildman–Crippen LogP) is 1.22. The number of aliphatic hydroxyl groups excluding tert-OH is 1. The van der Waals surface area contributed by atoms with Crippen molar-refractivity contribution in [3.63, 3.8) is 0 Å². The third-order valence-electron chi connectivity index (χ3n) is 4.11. The van der Waals surface area contributed by atoms with Crippen molar-refractivity contribution in [3.8, 4) is 6.07 Å². The molecule has 134 valence electrons. The zero-order valence-electron chi connectivity index (χ0n) is 13.9. The molecule has 25 heavy (non-hydrogen) atoms. The molecule has 1 aromatic carbocycles. The van der Waals surface area contributed by atoms with Crippen LogP contribution in [0.1, 0.15) is 19.8 Å². The van der Waals surface area contributed by atoms with E-state index in [2.05, 4.69) is 22.0 Å². The van der Waals surface area contributed by atoms with Gasteiger partial charge in [-0.05, 0) is 31.7 Å². The van der Waals surface area contributed by atoms with Crippen LogP contribution in [0.5, 0.6) is 0 Å². The van der Waals surface area contributed by atoms with Gasteiger partial charge in [-0.3, -0.25) is 14.9 Å². The molecule has 0 aromatic heterocycles. The fourth-order valence-corrected chi connectivity index (χ4v) is 2.53. The van der Waals surface area contributed by atoms with Crippen molar-refractivity contribution in [3.05, 3.63) is 28.3 Å². The molecule has 1 aliphatic rings. The maximum absolute atomic E-state index is 12.1. The van der Waals surface area contributed by atoms with E-state index in [9.17, 15) is 20.2 Å². The fourth-order valence-electron chi connectivity index (χ4n) is 2.53. The molecule has 1 aromatic rings. The van der Waals surface area contributed by atoms with Gasteiger partial charge >= 0.3 is 0 Å². The molecular formula is C16H21N5O4. The minimum absolute atomic E-state index is 0.0984. The number of carbonyl (C=O) groups is 1. The van der Waals surface area contributed by atoms with Crippen molar-refractivity contribution in [2.45, 2.75) is 25.3 Å². The number of amides is 1. The van der Waals surface area contributed by atoms with Crippen LogP contribution in [-0.4, -0.2) is 41.2 Å². The number of hydrogen-bond acceptors (Lipinski definition) is 7. The lowest BCUT2D eigenvalue weighted by atomic mass is 9.98. The lowest BCUT2D eigenvalue weighted by molar-refractivity contribution is -0.384. The van der Waals surface area contributed by atoms with E-state index in [1.165, 1.54) is 18.2 Å². The van der Waals surface area contributed by atoms with Gasteiger partial charge in [-0.25, -0.2) is 0 Å². The van der Waals surface area contributed by atoms with E-state index in [4.69, 9.17) is 5.11 Å². The number of anilines is 2. The van der Waals surface area contributed by atoms with Gasteiger partial charge in [0.15, 0.2) is 0 Å². The maximum atomic E-state index is 12.1. The summed E-state index contributed by atoms with van der Waals surface area (Å²) in [6.45, 7) is 1.74. The quantitative estimate of drug-likeness (QED) is 0.389. The summed E-state index contributed by atoms with van der Waals surface area (Å²) in [6, 6.07) is 6.31. The highest BCUT2D eigenvalue weighted by Gasteiger charge is 2.42. The number of non-ortho nitro benzene ring substituents is 1. The first-order valence-corrected chi connectivity index (χ1v) is 7.99. The van der Waals surface area contributed by atoms with E-state index >= 15 is 0 Å². The Hall–Kier alpha value is -2.86. The van der Waals surface area contributed by atoms with E-state index in [0.717, 1.165) is 12.8 Å². The Morgan fingerprint density at radius 1 is 1.44 bits per heavy atom. The minimum Gasteiger partial charge on any atom is -0.395 e. The Kier molecular flexibility index (Phi) is 5.77. The van der Waals surface area contributed by atoms with Gasteiger partial charge in [0, 0.05) is 18.7 Å². The van der Waals surface area contributed by atoms with E-state index in [1.54, 1.807) is 6.92 Å². The molecule has 0 radical (unpaired) electrons. The molecule has 0 spiro atoms. The number of benzene rings is 1. The van der Waals surface area contributed by atoms with E-state index < -0.39 is 10.5 Å². The van der Waals surface area contributed by atoms with Gasteiger partial charge in [0.05, 0.1) is 35.5 Å². The topological polar surface area (TPSA) is 140 Å². The van der Waals surface area contributed by atoms with Crippen molar-refractivity contribution in [2.75, 3.05) is 30.3 Å². The second kappa shape index (κ2) is 7.81. The Labute approximate surface area is 145 Å². The predicted molar refractivity (Wildman–Crippen MR) is 92.0 cm³/mol. The standard InChI is InChI=1S/C16H21N5O4/c1-16(10-17,11-2-3-11)20-15(23)9-19-14-8-12(21(24)25)4-5-13(14)18-6-7-22/h4-5,8,11,18-19,22H,2-3,6-7,9H2,1H3,(H,20,23). The molecule has 0 aliphatic heterocycles. The first kappa shape index (κ1) is 18.5. The van der Waals surface area contributed by atoms with Crippen LogP contribution >= 0.6 is 0 Å². The molecule has 9 nitrogen and oxygen atoms in total. The molecule has 9 heteroatoms. The van der Waals surface area contributed by atoms with Crippen LogP contribution in [0.2, 0.25) is 0 Å². The lowest BCUT2D eigenvalue weighted by Crippen LogP contribution is -2.48. The molecule has 0 saturated heterocycles. The van der Waals surface area contributed by atoms with Gasteiger partial charge in [0.2, 0.25) is 5.91 Å². The van der Waals surface area contributed by atoms with Gasteiger partial charge in [-0.1, -0.05) is 0 Å². The van der Waals surface area contributed by atoms with Gasteiger partial charge < -0.3 is 21.1 Å². The number of carbonyl (C=O) groups excluding carboxylic acids is 1. The van der Waals surface area contributed by atoms with E-state index in [1.807, 2.05) is 0 Å². The van der Waals surface area contributed by atoms with Crippen LogP contribution in [-0.2, 0) is 4.79 Å². The Bertz CT molecular complexity index is 698. The van der Waals surface area contributed by atoms with Crippen LogP contribution in [0.15, 0.2) is 18.2 Å². The smallest absolute Gasteiger partial charge is 0.271 e. The van der Waals surface area contributed by atoms with Crippen LogP contribution in [0.25, 0.3) is 0 Å². The number of rotatable bonds is 9. The molecule has 4 N–H and O–H groups in total. The van der Waals surface area contributed by atoms with Gasteiger partial charge in [-0.15, -0.1) is 0 Å². The molecule has 1 aliphatic carbocycles. The van der Waals surface area contributed by atoms with Crippen molar-refractivity contribution in [2.24, 2.45) is 5.92 Å². The zero-order valence-corrected chi connectivity index (χ0v) is 13.9. The third-order valence-corrected chi connectivity index (χ3v) is 4.11. The highest BCUT2D eigenvalue weighted by atomic mass is 16.6. The number of nitrogens with one attached hydrogen (secondary N) is 3. The number of nitrogens with zero attached hydrogens (tertiary/aromatic N) is 2. The number of hydrogen-bond donors (Lipinski definition) is 4. The Morgan fingerprint density at radius 3 is 2.72 bits per heavy atom. The summed E-state index contributed by atoms with van der Waals surface area (Å²) < 4.78 is 0. The highest BCUT2D eigenvalue weighted by molar-refractivity contribution is 5.84. The third kappa shape index (κ3) is 4.81. The molecule has 1 amide bonds. The normalized spacial score (nSPS) is 15.6. The zero-order chi connectivity index (χ0) is 18.4. The number of nitriles is 1. The van der Waals surface area contributed by atoms with Crippen LogP contribution < -0.4 is 16.0 Å². The largest absolute Gasteiger partial charge is 0.395 e. The maximum Gasteiger partial charge on any atom is 0.271 e. The van der Waals surface area contributed by atoms with E-state index in [-0.39, 0.29) is 37.2 Å². The summed E-state index contributed by atoms with van der Waals surface area (Å²) in [5, 5.41) is 37.6. The monoisotopic (exact) mass is 347 g/mol. The van der Waals surface area contributed by atoms with Crippen LogP contribution in [0.3, 0.4) is 0 Å². The van der Waals surface area contributed by atoms with Gasteiger partial charge in [0.1, 0.15) is 5.54 Å². The van der Waals surface area contributed by atoms with Crippen molar-refractivity contribution in [1.82, 2.24) is 5.32 Å². The second-order valence-electron chi connectivity index (χ2n) is 6.13. The van der Waals surface area contributed by atoms with E-state index in [0.29, 0.717) is 11.4 Å². The SMILES string of the molecule is CC(C#N)(NC(=O)CNc1cc([N+](=O)[O-])ccc1NCCO)C1CC1. The highest BCUT2D eigenvalue weighted by Crippen LogP contribution is 2.39. The lowest BCUT2D eigenvalue weighted by Gasteiger charge is -2.23. The molecule has 1 atom stereocenters. The summed E-state index contributed by atoms with van der Waals surface area (Å²) in [6.07, 6.45) is 1.83. The molecule has 1 saturated carbocycles. The van der Waals surface area contributed by atoms with Gasteiger partial charge in [-0.2, -0.15) is 5.26 Å². The minimum atomic E-state index is -0.889. The Morgan fingerprint density at radius 2 is 2.16 bits per heavy atom. The second-order valence-corrected chi connectivity index (χ2v) is 6.13. The average Bonchev–Trinajstić information content (AvgIpc) is 3.43. The molecular weight excluding hydrogens is 326 g/mol. The van der Waals surface area contributed by atoms with Crippen molar-refractivity contribution in [1.29, 1.82) is 5.26 Å². The number of aliphatic hydroxyl groups is 1. The van der Waals surface area contributed by atoms with Crippen molar-refractivity contribution < 1.29 is 14.8 Å². The number of nitro groups is 1.